The quantitative estimate of drug-likeness (QED) is 0.832. The van der Waals surface area contributed by atoms with Gasteiger partial charge in [0.2, 0.25) is 5.82 Å². The van der Waals surface area contributed by atoms with E-state index in [9.17, 15) is 4.79 Å². The van der Waals surface area contributed by atoms with Crippen molar-refractivity contribution in [1.29, 1.82) is 0 Å². The Labute approximate surface area is 108 Å². The van der Waals surface area contributed by atoms with Gasteiger partial charge in [0, 0.05) is 31.0 Å². The second-order valence-corrected chi connectivity index (χ2v) is 5.80. The summed E-state index contributed by atoms with van der Waals surface area (Å²) in [6, 6.07) is 0. The van der Waals surface area contributed by atoms with Gasteiger partial charge in [0.1, 0.15) is 0 Å². The number of amides is 1. The van der Waals surface area contributed by atoms with Crippen LogP contribution in [0.3, 0.4) is 0 Å². The van der Waals surface area contributed by atoms with Crippen molar-refractivity contribution in [2.75, 3.05) is 13.1 Å². The highest BCUT2D eigenvalue weighted by molar-refractivity contribution is 9.10. The van der Waals surface area contributed by atoms with Crippen LogP contribution in [-0.2, 0) is 0 Å². The maximum absolute atomic E-state index is 12.1. The van der Waals surface area contributed by atoms with E-state index in [-0.39, 0.29) is 17.3 Å². The number of rotatable bonds is 1. The highest BCUT2D eigenvalue weighted by Gasteiger charge is 2.51. The number of nitrogens with two attached hydrogens (primary N) is 1. The maximum atomic E-state index is 12.1. The SMILES string of the molecule is N[C@]12CC[C@H]1CN(C(=O)c1ncc(Br)cn1)C2. The summed E-state index contributed by atoms with van der Waals surface area (Å²) in [7, 11) is 0. The number of nitrogens with zero attached hydrogens (tertiary/aromatic N) is 3. The van der Waals surface area contributed by atoms with E-state index in [1.54, 1.807) is 17.3 Å². The number of carbonyl (C=O) groups excluding carboxylic acids is 1. The molecule has 1 aliphatic heterocycles. The Hall–Kier alpha value is -1.01. The van der Waals surface area contributed by atoms with Gasteiger partial charge in [-0.2, -0.15) is 0 Å². The summed E-state index contributed by atoms with van der Waals surface area (Å²) in [6.07, 6.45) is 5.32. The van der Waals surface area contributed by atoms with Gasteiger partial charge in [0.25, 0.3) is 5.91 Å². The summed E-state index contributed by atoms with van der Waals surface area (Å²) >= 11 is 3.25. The highest BCUT2D eigenvalue weighted by Crippen LogP contribution is 2.42. The molecule has 2 fully saturated rings. The molecule has 5 nitrogen and oxygen atoms in total. The third-order valence-corrected chi connectivity index (χ3v) is 4.21. The fourth-order valence-electron chi connectivity index (χ4n) is 2.61. The normalized spacial score (nSPS) is 30.9. The fourth-order valence-corrected chi connectivity index (χ4v) is 2.81. The molecule has 1 aromatic heterocycles. The minimum absolute atomic E-state index is 0.114. The zero-order chi connectivity index (χ0) is 12.0. The van der Waals surface area contributed by atoms with Crippen LogP contribution in [0.1, 0.15) is 23.5 Å². The monoisotopic (exact) mass is 296 g/mol. The van der Waals surface area contributed by atoms with E-state index in [4.69, 9.17) is 5.73 Å². The largest absolute Gasteiger partial charge is 0.334 e. The molecule has 1 saturated heterocycles. The molecule has 1 saturated carbocycles. The van der Waals surface area contributed by atoms with Crippen molar-refractivity contribution in [2.24, 2.45) is 11.7 Å². The van der Waals surface area contributed by atoms with Gasteiger partial charge in [-0.25, -0.2) is 9.97 Å². The summed E-state index contributed by atoms with van der Waals surface area (Å²) < 4.78 is 0.769. The van der Waals surface area contributed by atoms with Crippen LogP contribution in [0.4, 0.5) is 0 Å². The molecule has 90 valence electrons. The van der Waals surface area contributed by atoms with Gasteiger partial charge in [-0.05, 0) is 34.7 Å². The third-order valence-electron chi connectivity index (χ3n) is 3.80. The molecule has 0 unspecified atom stereocenters. The van der Waals surface area contributed by atoms with Gasteiger partial charge in [-0.3, -0.25) is 4.79 Å². The van der Waals surface area contributed by atoms with Gasteiger partial charge in [-0.1, -0.05) is 0 Å². The van der Waals surface area contributed by atoms with Crippen LogP contribution in [0.2, 0.25) is 0 Å². The molecule has 1 amide bonds. The van der Waals surface area contributed by atoms with E-state index in [2.05, 4.69) is 25.9 Å². The molecule has 1 aromatic rings. The van der Waals surface area contributed by atoms with Crippen molar-refractivity contribution < 1.29 is 4.79 Å². The first-order chi connectivity index (χ1) is 8.08. The molecular weight excluding hydrogens is 284 g/mol. The molecule has 0 radical (unpaired) electrons. The van der Waals surface area contributed by atoms with Crippen LogP contribution in [-0.4, -0.2) is 39.4 Å². The van der Waals surface area contributed by atoms with Crippen LogP contribution >= 0.6 is 15.9 Å². The van der Waals surface area contributed by atoms with Gasteiger partial charge < -0.3 is 10.6 Å². The van der Waals surface area contributed by atoms with Crippen LogP contribution in [0.5, 0.6) is 0 Å². The average molecular weight is 297 g/mol. The second kappa shape index (κ2) is 3.74. The molecular formula is C11H13BrN4O. The molecule has 17 heavy (non-hydrogen) atoms. The Bertz CT molecular complexity index is 463. The predicted molar refractivity (Wildman–Crippen MR) is 65.3 cm³/mol. The molecule has 1 aliphatic carbocycles. The minimum atomic E-state index is -0.148. The lowest BCUT2D eigenvalue weighted by Crippen LogP contribution is -2.54. The number of hydrogen-bond acceptors (Lipinski definition) is 4. The first-order valence-electron chi connectivity index (χ1n) is 5.64. The number of halogens is 1. The Kier molecular flexibility index (Phi) is 2.45. The Morgan fingerprint density at radius 1 is 1.53 bits per heavy atom. The van der Waals surface area contributed by atoms with Crippen molar-refractivity contribution in [3.8, 4) is 0 Å². The third kappa shape index (κ3) is 1.75. The number of fused-ring (bicyclic) bond motifs is 1. The van der Waals surface area contributed by atoms with Gasteiger partial charge in [0.15, 0.2) is 0 Å². The summed E-state index contributed by atoms with van der Waals surface area (Å²) in [5, 5.41) is 0. The first-order valence-corrected chi connectivity index (χ1v) is 6.43. The summed E-state index contributed by atoms with van der Waals surface area (Å²) in [5.41, 5.74) is 6.05. The van der Waals surface area contributed by atoms with Crippen molar-refractivity contribution in [3.05, 3.63) is 22.7 Å². The molecule has 0 bridgehead atoms. The van der Waals surface area contributed by atoms with E-state index in [1.807, 2.05) is 0 Å². The van der Waals surface area contributed by atoms with Gasteiger partial charge in [0.05, 0.1) is 4.47 Å². The predicted octanol–water partition coefficient (Wildman–Crippen LogP) is 0.802. The average Bonchev–Trinajstić information content (AvgIpc) is 2.54. The highest BCUT2D eigenvalue weighted by atomic mass is 79.9. The maximum Gasteiger partial charge on any atom is 0.291 e. The van der Waals surface area contributed by atoms with E-state index in [1.165, 1.54) is 0 Å². The number of aromatic nitrogens is 2. The molecule has 2 heterocycles. The molecule has 0 aromatic carbocycles. The van der Waals surface area contributed by atoms with Crippen molar-refractivity contribution in [2.45, 2.75) is 18.4 Å². The molecule has 3 rings (SSSR count). The van der Waals surface area contributed by atoms with E-state index < -0.39 is 0 Å². The zero-order valence-corrected chi connectivity index (χ0v) is 10.9. The van der Waals surface area contributed by atoms with Crippen LogP contribution in [0, 0.1) is 5.92 Å². The number of likely N-dealkylation sites (tertiary alicyclic amines) is 1. The Morgan fingerprint density at radius 2 is 2.24 bits per heavy atom. The van der Waals surface area contributed by atoms with E-state index in [0.29, 0.717) is 12.5 Å². The summed E-state index contributed by atoms with van der Waals surface area (Å²) in [5.74, 6) is 0.594. The molecule has 2 aliphatic rings. The molecule has 6 heteroatoms. The van der Waals surface area contributed by atoms with E-state index in [0.717, 1.165) is 23.9 Å². The summed E-state index contributed by atoms with van der Waals surface area (Å²) in [4.78, 5) is 22.0. The van der Waals surface area contributed by atoms with Crippen molar-refractivity contribution >= 4 is 21.8 Å². The standard InChI is InChI=1S/C11H13BrN4O/c12-8-3-14-9(15-4-8)10(17)16-5-7-1-2-11(7,13)6-16/h3-4,7H,1-2,5-6,13H2/t7-,11-/m0/s1. The van der Waals surface area contributed by atoms with Crippen molar-refractivity contribution in [3.63, 3.8) is 0 Å². The molecule has 2 atom stereocenters. The smallest absolute Gasteiger partial charge is 0.291 e. The topological polar surface area (TPSA) is 72.1 Å². The second-order valence-electron chi connectivity index (χ2n) is 4.88. The van der Waals surface area contributed by atoms with Crippen molar-refractivity contribution in [1.82, 2.24) is 14.9 Å². The van der Waals surface area contributed by atoms with Crippen LogP contribution < -0.4 is 5.73 Å². The zero-order valence-electron chi connectivity index (χ0n) is 9.27. The van der Waals surface area contributed by atoms with E-state index >= 15 is 0 Å². The van der Waals surface area contributed by atoms with Gasteiger partial charge in [-0.15, -0.1) is 0 Å². The molecule has 0 spiro atoms. The summed E-state index contributed by atoms with van der Waals surface area (Å²) in [6.45, 7) is 1.38. The lowest BCUT2D eigenvalue weighted by Gasteiger charge is -2.39. The number of hydrogen-bond donors (Lipinski definition) is 1. The lowest BCUT2D eigenvalue weighted by molar-refractivity contribution is 0.0772. The van der Waals surface area contributed by atoms with Crippen LogP contribution in [0.15, 0.2) is 16.9 Å². The Morgan fingerprint density at radius 3 is 2.71 bits per heavy atom. The van der Waals surface area contributed by atoms with Crippen LogP contribution in [0.25, 0.3) is 0 Å². The first kappa shape index (κ1) is 11.1. The fraction of sp³-hybridized carbons (Fsp3) is 0.545. The van der Waals surface area contributed by atoms with Gasteiger partial charge >= 0.3 is 0 Å². The number of carbonyl (C=O) groups is 1. The lowest BCUT2D eigenvalue weighted by atomic mass is 9.70. The minimum Gasteiger partial charge on any atom is -0.334 e. The Balaban J connectivity index is 1.77. The molecule has 2 N–H and O–H groups in total.